The van der Waals surface area contributed by atoms with Gasteiger partial charge in [-0.3, -0.25) is 4.90 Å². The van der Waals surface area contributed by atoms with Crippen molar-refractivity contribution in [2.45, 2.75) is 13.0 Å². The van der Waals surface area contributed by atoms with Gasteiger partial charge in [0.15, 0.2) is 0 Å². The van der Waals surface area contributed by atoms with Crippen LogP contribution in [0.25, 0.3) is 0 Å². The Morgan fingerprint density at radius 2 is 1.93 bits per heavy atom. The summed E-state index contributed by atoms with van der Waals surface area (Å²) >= 11 is 6.24. The van der Waals surface area contributed by atoms with Gasteiger partial charge in [0, 0.05) is 31.6 Å². The lowest BCUT2D eigenvalue weighted by Crippen LogP contribution is -2.36. The molecule has 4 rings (SSSR count). The Labute approximate surface area is 176 Å². The Morgan fingerprint density at radius 3 is 2.64 bits per heavy atom. The van der Waals surface area contributed by atoms with Gasteiger partial charge in [-0.05, 0) is 49.2 Å². The molecule has 0 aliphatic carbocycles. The Bertz CT molecular complexity index is 858. The minimum Gasteiger partial charge on any atom is -0.324 e. The summed E-state index contributed by atoms with van der Waals surface area (Å²) in [7, 11) is 2.07. The summed E-state index contributed by atoms with van der Waals surface area (Å²) in [5.41, 5.74) is 2.59. The minimum atomic E-state index is -0.217. The molecular formula is C21H24Cl2FN3O. The van der Waals surface area contributed by atoms with Crippen molar-refractivity contribution in [2.75, 3.05) is 32.0 Å². The minimum absolute atomic E-state index is 0. The Kier molecular flexibility index (Phi) is 6.18. The molecule has 4 nitrogen and oxygen atoms in total. The molecule has 0 spiro atoms. The number of hydrogen-bond acceptors (Lipinski definition) is 2. The van der Waals surface area contributed by atoms with Gasteiger partial charge in [0.1, 0.15) is 5.82 Å². The first-order valence-electron chi connectivity index (χ1n) is 9.21. The average molecular weight is 424 g/mol. The molecule has 0 radical (unpaired) electrons. The van der Waals surface area contributed by atoms with Crippen LogP contribution in [0, 0.1) is 24.6 Å². The van der Waals surface area contributed by atoms with Crippen molar-refractivity contribution in [3.05, 3.63) is 64.4 Å². The van der Waals surface area contributed by atoms with Gasteiger partial charge in [0.2, 0.25) is 0 Å². The van der Waals surface area contributed by atoms with E-state index < -0.39 is 0 Å². The number of aryl methyl sites for hydroxylation is 1. The van der Waals surface area contributed by atoms with Crippen LogP contribution in [0.15, 0.2) is 42.5 Å². The number of carbonyl (C=O) groups is 1. The maximum absolute atomic E-state index is 13.7. The number of rotatable bonds is 2. The lowest BCUT2D eigenvalue weighted by Gasteiger charge is -2.27. The standard InChI is InChI=1S/C21H23ClFN3O.ClH/c1-13-5-3-8-18(22)19(13)24-21(27)26-11-15-10-25(2)20(17(15)12-26)14-6-4-7-16(23)9-14;/h3-9,15,17,20H,10-12H2,1-2H3,(H,24,27);1H/t15-,17+,20-;/m0./s1. The quantitative estimate of drug-likeness (QED) is 0.739. The Balaban J connectivity index is 0.00000225. The normalized spacial score (nSPS) is 24.0. The molecule has 2 aliphatic rings. The molecule has 28 heavy (non-hydrogen) atoms. The van der Waals surface area contributed by atoms with Crippen LogP contribution in [0.5, 0.6) is 0 Å². The van der Waals surface area contributed by atoms with E-state index in [0.717, 1.165) is 17.7 Å². The lowest BCUT2D eigenvalue weighted by molar-refractivity contribution is 0.205. The van der Waals surface area contributed by atoms with Crippen molar-refractivity contribution in [1.29, 1.82) is 0 Å². The van der Waals surface area contributed by atoms with Gasteiger partial charge in [0.25, 0.3) is 0 Å². The van der Waals surface area contributed by atoms with Crippen molar-refractivity contribution in [3.8, 4) is 0 Å². The molecule has 0 aromatic heterocycles. The highest BCUT2D eigenvalue weighted by Gasteiger charge is 2.47. The summed E-state index contributed by atoms with van der Waals surface area (Å²) in [5.74, 6) is 0.474. The summed E-state index contributed by atoms with van der Waals surface area (Å²) in [6, 6.07) is 12.4. The van der Waals surface area contributed by atoms with Gasteiger partial charge >= 0.3 is 6.03 Å². The van der Waals surface area contributed by atoms with E-state index in [1.165, 1.54) is 6.07 Å². The van der Waals surface area contributed by atoms with Gasteiger partial charge < -0.3 is 10.2 Å². The van der Waals surface area contributed by atoms with E-state index in [1.54, 1.807) is 18.2 Å². The van der Waals surface area contributed by atoms with Crippen LogP contribution < -0.4 is 5.32 Å². The largest absolute Gasteiger partial charge is 0.324 e. The molecule has 2 fully saturated rings. The summed E-state index contributed by atoms with van der Waals surface area (Å²) < 4.78 is 13.7. The van der Waals surface area contributed by atoms with Crippen LogP contribution in [-0.2, 0) is 0 Å². The number of benzene rings is 2. The lowest BCUT2D eigenvalue weighted by atomic mass is 9.89. The fourth-order valence-corrected chi connectivity index (χ4v) is 4.86. The van der Waals surface area contributed by atoms with Gasteiger partial charge in [-0.1, -0.05) is 35.9 Å². The van der Waals surface area contributed by atoms with Crippen LogP contribution in [0.1, 0.15) is 17.2 Å². The number of urea groups is 1. The van der Waals surface area contributed by atoms with Crippen LogP contribution >= 0.6 is 24.0 Å². The third kappa shape index (κ3) is 3.84. The molecule has 3 atom stereocenters. The number of anilines is 1. The number of fused-ring (bicyclic) bond motifs is 1. The number of amides is 2. The van der Waals surface area contributed by atoms with E-state index >= 15 is 0 Å². The summed E-state index contributed by atoms with van der Waals surface area (Å²) in [6.45, 7) is 4.19. The maximum Gasteiger partial charge on any atom is 0.321 e. The fraction of sp³-hybridized carbons (Fsp3) is 0.381. The first-order chi connectivity index (χ1) is 12.9. The number of halogens is 3. The van der Waals surface area contributed by atoms with E-state index in [9.17, 15) is 9.18 Å². The monoisotopic (exact) mass is 423 g/mol. The van der Waals surface area contributed by atoms with Gasteiger partial charge in [-0.15, -0.1) is 12.4 Å². The molecule has 0 unspecified atom stereocenters. The highest BCUT2D eigenvalue weighted by molar-refractivity contribution is 6.33. The third-order valence-electron chi connectivity index (χ3n) is 5.83. The number of para-hydroxylation sites is 1. The molecular weight excluding hydrogens is 400 g/mol. The van der Waals surface area contributed by atoms with Crippen LogP contribution in [0.3, 0.4) is 0 Å². The van der Waals surface area contributed by atoms with Crippen molar-refractivity contribution < 1.29 is 9.18 Å². The van der Waals surface area contributed by atoms with Crippen molar-refractivity contribution in [2.24, 2.45) is 11.8 Å². The van der Waals surface area contributed by atoms with Crippen LogP contribution in [0.2, 0.25) is 5.02 Å². The smallest absolute Gasteiger partial charge is 0.321 e. The number of nitrogens with zero attached hydrogens (tertiary/aromatic N) is 2. The van der Waals surface area contributed by atoms with Gasteiger partial charge in [-0.25, -0.2) is 9.18 Å². The second-order valence-electron chi connectivity index (χ2n) is 7.63. The van der Waals surface area contributed by atoms with Crippen molar-refractivity contribution in [3.63, 3.8) is 0 Å². The zero-order valence-corrected chi connectivity index (χ0v) is 17.4. The summed E-state index contributed by atoms with van der Waals surface area (Å²) in [4.78, 5) is 16.9. The van der Waals surface area contributed by atoms with Crippen molar-refractivity contribution in [1.82, 2.24) is 9.80 Å². The number of likely N-dealkylation sites (tertiary alicyclic amines) is 2. The number of nitrogens with one attached hydrogen (secondary N) is 1. The van der Waals surface area contributed by atoms with Gasteiger partial charge in [0.05, 0.1) is 10.7 Å². The van der Waals surface area contributed by atoms with Gasteiger partial charge in [-0.2, -0.15) is 0 Å². The average Bonchev–Trinajstić information content (AvgIpc) is 3.14. The first kappa shape index (κ1) is 20.9. The van der Waals surface area contributed by atoms with E-state index in [4.69, 9.17) is 11.6 Å². The maximum atomic E-state index is 13.7. The molecule has 2 heterocycles. The van der Waals surface area contributed by atoms with E-state index in [1.807, 2.05) is 30.0 Å². The Hall–Kier alpha value is -1.82. The molecule has 2 aliphatic heterocycles. The topological polar surface area (TPSA) is 35.6 Å². The highest BCUT2D eigenvalue weighted by Crippen LogP contribution is 2.44. The number of carbonyl (C=O) groups excluding carboxylic acids is 1. The predicted octanol–water partition coefficient (Wildman–Crippen LogP) is 4.98. The molecule has 7 heteroatoms. The molecule has 1 N–H and O–H groups in total. The molecule has 2 saturated heterocycles. The summed E-state index contributed by atoms with van der Waals surface area (Å²) in [6.07, 6.45) is 0. The van der Waals surface area contributed by atoms with E-state index in [-0.39, 0.29) is 30.3 Å². The summed E-state index contributed by atoms with van der Waals surface area (Å²) in [5, 5.41) is 3.51. The number of hydrogen-bond donors (Lipinski definition) is 1. The molecule has 0 saturated carbocycles. The second-order valence-corrected chi connectivity index (χ2v) is 8.04. The molecule has 2 amide bonds. The molecule has 0 bridgehead atoms. The van der Waals surface area contributed by atoms with Crippen LogP contribution in [0.4, 0.5) is 14.9 Å². The van der Waals surface area contributed by atoms with E-state index in [0.29, 0.717) is 35.6 Å². The highest BCUT2D eigenvalue weighted by atomic mass is 35.5. The SMILES string of the molecule is Cc1cccc(Cl)c1NC(=O)N1C[C@@H]2CN(C)[C@@H](c3cccc(F)c3)[C@@H]2C1.Cl. The predicted molar refractivity (Wildman–Crippen MR) is 113 cm³/mol. The van der Waals surface area contributed by atoms with Crippen molar-refractivity contribution >= 4 is 35.7 Å². The first-order valence-corrected chi connectivity index (χ1v) is 9.58. The van der Waals surface area contributed by atoms with Crippen LogP contribution in [-0.4, -0.2) is 42.5 Å². The molecule has 2 aromatic carbocycles. The van der Waals surface area contributed by atoms with E-state index in [2.05, 4.69) is 17.3 Å². The zero-order valence-electron chi connectivity index (χ0n) is 15.9. The Morgan fingerprint density at radius 1 is 1.18 bits per heavy atom. The third-order valence-corrected chi connectivity index (χ3v) is 6.14. The zero-order chi connectivity index (χ0) is 19.1. The second kappa shape index (κ2) is 8.27. The molecule has 2 aromatic rings. The fourth-order valence-electron chi connectivity index (χ4n) is 4.59. The molecule has 150 valence electrons.